The summed E-state index contributed by atoms with van der Waals surface area (Å²) in [6.07, 6.45) is 2.45. The Labute approximate surface area is 105 Å². The third-order valence-corrected chi connectivity index (χ3v) is 3.08. The SMILES string of the molecule is O=C(CC1CCCN1)NCc1cc(F)ccc1F. The van der Waals surface area contributed by atoms with Crippen molar-refractivity contribution in [3.05, 3.63) is 35.4 Å². The molecule has 1 heterocycles. The van der Waals surface area contributed by atoms with Gasteiger partial charge in [0.05, 0.1) is 0 Å². The quantitative estimate of drug-likeness (QED) is 0.859. The first-order valence-corrected chi connectivity index (χ1v) is 6.09. The second-order valence-electron chi connectivity index (χ2n) is 4.51. The van der Waals surface area contributed by atoms with Gasteiger partial charge in [0.15, 0.2) is 0 Å². The van der Waals surface area contributed by atoms with Crippen molar-refractivity contribution in [3.8, 4) is 0 Å². The van der Waals surface area contributed by atoms with Gasteiger partial charge in [-0.2, -0.15) is 0 Å². The first-order chi connectivity index (χ1) is 8.65. The van der Waals surface area contributed by atoms with E-state index in [1.807, 2.05) is 0 Å². The molecule has 1 aromatic rings. The van der Waals surface area contributed by atoms with Crippen LogP contribution in [0.3, 0.4) is 0 Å². The van der Waals surface area contributed by atoms with Crippen LogP contribution in [0.2, 0.25) is 0 Å². The first kappa shape index (κ1) is 13.0. The molecule has 1 aliphatic heterocycles. The minimum Gasteiger partial charge on any atom is -0.352 e. The fourth-order valence-corrected chi connectivity index (χ4v) is 2.10. The highest BCUT2D eigenvalue weighted by Crippen LogP contribution is 2.11. The number of benzene rings is 1. The van der Waals surface area contributed by atoms with Crippen molar-refractivity contribution < 1.29 is 13.6 Å². The Kier molecular flexibility index (Phi) is 4.25. The molecule has 2 rings (SSSR count). The minimum absolute atomic E-state index is 0.0230. The fourth-order valence-electron chi connectivity index (χ4n) is 2.10. The van der Waals surface area contributed by atoms with E-state index in [-0.39, 0.29) is 24.1 Å². The fraction of sp³-hybridized carbons (Fsp3) is 0.462. The molecular weight excluding hydrogens is 238 g/mol. The van der Waals surface area contributed by atoms with Crippen molar-refractivity contribution in [3.63, 3.8) is 0 Å². The predicted molar refractivity (Wildman–Crippen MR) is 63.8 cm³/mol. The third kappa shape index (κ3) is 3.50. The van der Waals surface area contributed by atoms with E-state index in [0.717, 1.165) is 37.6 Å². The summed E-state index contributed by atoms with van der Waals surface area (Å²) in [5.41, 5.74) is 0.169. The number of halogens is 2. The van der Waals surface area contributed by atoms with Crippen molar-refractivity contribution in [2.45, 2.75) is 31.8 Å². The topological polar surface area (TPSA) is 41.1 Å². The van der Waals surface area contributed by atoms with Crippen LogP contribution in [0.1, 0.15) is 24.8 Å². The second-order valence-corrected chi connectivity index (χ2v) is 4.51. The van der Waals surface area contributed by atoms with E-state index in [9.17, 15) is 13.6 Å². The molecule has 18 heavy (non-hydrogen) atoms. The van der Waals surface area contributed by atoms with Gasteiger partial charge in [0.25, 0.3) is 0 Å². The molecule has 98 valence electrons. The average Bonchev–Trinajstić information content (AvgIpc) is 2.83. The molecule has 1 aromatic carbocycles. The van der Waals surface area contributed by atoms with Gasteiger partial charge in [0.1, 0.15) is 11.6 Å². The summed E-state index contributed by atoms with van der Waals surface area (Å²) < 4.78 is 26.2. The molecule has 1 aliphatic rings. The van der Waals surface area contributed by atoms with Crippen LogP contribution in [0.15, 0.2) is 18.2 Å². The maximum Gasteiger partial charge on any atom is 0.221 e. The summed E-state index contributed by atoms with van der Waals surface area (Å²) >= 11 is 0. The molecule has 0 spiro atoms. The number of hydrogen-bond acceptors (Lipinski definition) is 2. The van der Waals surface area contributed by atoms with E-state index in [2.05, 4.69) is 10.6 Å². The highest BCUT2D eigenvalue weighted by molar-refractivity contribution is 5.76. The van der Waals surface area contributed by atoms with Crippen LogP contribution in [0.4, 0.5) is 8.78 Å². The number of carbonyl (C=O) groups excluding carboxylic acids is 1. The lowest BCUT2D eigenvalue weighted by Gasteiger charge is -2.10. The Balaban J connectivity index is 1.83. The number of rotatable bonds is 4. The lowest BCUT2D eigenvalue weighted by molar-refractivity contribution is -0.121. The van der Waals surface area contributed by atoms with Crippen molar-refractivity contribution >= 4 is 5.91 Å². The van der Waals surface area contributed by atoms with Gasteiger partial charge >= 0.3 is 0 Å². The predicted octanol–water partition coefficient (Wildman–Crippen LogP) is 1.72. The molecule has 1 amide bonds. The van der Waals surface area contributed by atoms with Gasteiger partial charge in [-0.05, 0) is 37.6 Å². The number of amides is 1. The minimum atomic E-state index is -0.504. The van der Waals surface area contributed by atoms with Crippen molar-refractivity contribution in [1.82, 2.24) is 10.6 Å². The largest absolute Gasteiger partial charge is 0.352 e. The summed E-state index contributed by atoms with van der Waals surface area (Å²) in [6.45, 7) is 0.964. The molecule has 0 saturated carbocycles. The molecule has 3 nitrogen and oxygen atoms in total. The molecule has 1 atom stereocenters. The van der Waals surface area contributed by atoms with Crippen molar-refractivity contribution in [2.75, 3.05) is 6.54 Å². The monoisotopic (exact) mass is 254 g/mol. The molecule has 0 aromatic heterocycles. The van der Waals surface area contributed by atoms with Crippen molar-refractivity contribution in [1.29, 1.82) is 0 Å². The van der Waals surface area contributed by atoms with Gasteiger partial charge in [-0.1, -0.05) is 0 Å². The maximum absolute atomic E-state index is 13.3. The van der Waals surface area contributed by atoms with Gasteiger partial charge in [-0.25, -0.2) is 8.78 Å². The highest BCUT2D eigenvalue weighted by Gasteiger charge is 2.17. The molecule has 1 unspecified atom stereocenters. The third-order valence-electron chi connectivity index (χ3n) is 3.08. The molecule has 0 aliphatic carbocycles. The Bertz CT molecular complexity index is 431. The number of hydrogen-bond donors (Lipinski definition) is 2. The zero-order valence-corrected chi connectivity index (χ0v) is 10.0. The zero-order chi connectivity index (χ0) is 13.0. The summed E-state index contributed by atoms with van der Waals surface area (Å²) in [4.78, 5) is 11.6. The molecule has 1 fully saturated rings. The molecule has 5 heteroatoms. The van der Waals surface area contributed by atoms with Gasteiger partial charge in [0.2, 0.25) is 5.91 Å². The highest BCUT2D eigenvalue weighted by atomic mass is 19.1. The van der Waals surface area contributed by atoms with Crippen LogP contribution in [0, 0.1) is 11.6 Å². The summed E-state index contributed by atoms with van der Waals surface area (Å²) in [6, 6.07) is 3.43. The van der Waals surface area contributed by atoms with Gasteiger partial charge < -0.3 is 10.6 Å². The summed E-state index contributed by atoms with van der Waals surface area (Å²) in [5.74, 6) is -1.15. The normalized spacial score (nSPS) is 18.9. The van der Waals surface area contributed by atoms with E-state index in [0.29, 0.717) is 6.42 Å². The lowest BCUT2D eigenvalue weighted by atomic mass is 10.1. The Morgan fingerprint density at radius 1 is 1.44 bits per heavy atom. The summed E-state index contributed by atoms with van der Waals surface area (Å²) in [5, 5.41) is 5.82. The lowest BCUT2D eigenvalue weighted by Crippen LogP contribution is -2.31. The van der Waals surface area contributed by atoms with E-state index < -0.39 is 11.6 Å². The molecule has 0 bridgehead atoms. The zero-order valence-electron chi connectivity index (χ0n) is 10.0. The maximum atomic E-state index is 13.3. The van der Waals surface area contributed by atoms with Crippen LogP contribution in [0.5, 0.6) is 0 Å². The molecule has 1 saturated heterocycles. The van der Waals surface area contributed by atoms with Gasteiger partial charge in [-0.3, -0.25) is 4.79 Å². The number of carbonyl (C=O) groups is 1. The molecular formula is C13H16F2N2O. The second kappa shape index (κ2) is 5.91. The Morgan fingerprint density at radius 3 is 3.00 bits per heavy atom. The van der Waals surface area contributed by atoms with Gasteiger partial charge in [-0.15, -0.1) is 0 Å². The average molecular weight is 254 g/mol. The Morgan fingerprint density at radius 2 is 2.28 bits per heavy atom. The van der Waals surface area contributed by atoms with Gasteiger partial charge in [0, 0.05) is 24.6 Å². The van der Waals surface area contributed by atoms with Crippen LogP contribution in [-0.2, 0) is 11.3 Å². The standard InChI is InChI=1S/C13H16F2N2O/c14-10-3-4-12(15)9(6-10)8-17-13(18)7-11-2-1-5-16-11/h3-4,6,11,16H,1-2,5,7-8H2,(H,17,18). The van der Waals surface area contributed by atoms with Crippen LogP contribution < -0.4 is 10.6 Å². The van der Waals surface area contributed by atoms with E-state index in [4.69, 9.17) is 0 Å². The Hall–Kier alpha value is -1.49. The smallest absolute Gasteiger partial charge is 0.221 e. The van der Waals surface area contributed by atoms with E-state index >= 15 is 0 Å². The van der Waals surface area contributed by atoms with Crippen LogP contribution >= 0.6 is 0 Å². The van der Waals surface area contributed by atoms with Crippen LogP contribution in [0.25, 0.3) is 0 Å². The van der Waals surface area contributed by atoms with E-state index in [1.165, 1.54) is 0 Å². The molecule has 0 radical (unpaired) electrons. The van der Waals surface area contributed by atoms with Crippen LogP contribution in [-0.4, -0.2) is 18.5 Å². The van der Waals surface area contributed by atoms with E-state index in [1.54, 1.807) is 0 Å². The molecule has 2 N–H and O–H groups in total. The summed E-state index contributed by atoms with van der Waals surface area (Å²) in [7, 11) is 0. The first-order valence-electron chi connectivity index (χ1n) is 6.09. The van der Waals surface area contributed by atoms with Crippen molar-refractivity contribution in [2.24, 2.45) is 0 Å². The number of nitrogens with one attached hydrogen (secondary N) is 2.